The molecule has 1 heterocycles. The molecule has 1 aliphatic rings. The lowest BCUT2D eigenvalue weighted by Gasteiger charge is -2.10. The Bertz CT molecular complexity index is 492. The van der Waals surface area contributed by atoms with Gasteiger partial charge in [0.05, 0.1) is 0 Å². The number of rotatable bonds is 0. The molecule has 0 saturated carbocycles. The first-order chi connectivity index (χ1) is 6.45. The van der Waals surface area contributed by atoms with E-state index in [1.165, 1.54) is 21.2 Å². The summed E-state index contributed by atoms with van der Waals surface area (Å²) >= 11 is 1.80. The van der Waals surface area contributed by atoms with Crippen LogP contribution in [-0.2, 0) is 0 Å². The molecular formula is C12H8S. The minimum absolute atomic E-state index is 1.34. The normalized spacial score (nSPS) is 13.5. The monoisotopic (exact) mass is 184 g/mol. The van der Waals surface area contributed by atoms with Crippen LogP contribution in [0.1, 0.15) is 5.56 Å². The summed E-state index contributed by atoms with van der Waals surface area (Å²) in [6, 6.07) is 12.9. The van der Waals surface area contributed by atoms with Crippen molar-refractivity contribution in [1.29, 1.82) is 0 Å². The van der Waals surface area contributed by atoms with Gasteiger partial charge in [0.25, 0.3) is 0 Å². The summed E-state index contributed by atoms with van der Waals surface area (Å²) < 4.78 is 0. The highest BCUT2D eigenvalue weighted by atomic mass is 32.2. The van der Waals surface area contributed by atoms with Crippen molar-refractivity contribution in [3.05, 3.63) is 47.4 Å². The maximum Gasteiger partial charge on any atom is 0.0200 e. The third-order valence-corrected chi connectivity index (χ3v) is 3.21. The first-order valence-electron chi connectivity index (χ1n) is 4.30. The van der Waals surface area contributed by atoms with Gasteiger partial charge < -0.3 is 0 Å². The third kappa shape index (κ3) is 1.01. The SMILES string of the molecule is C1=Cc2cccc3cccc(c23)S1. The van der Waals surface area contributed by atoms with Crippen LogP contribution in [0.5, 0.6) is 0 Å². The van der Waals surface area contributed by atoms with Gasteiger partial charge in [-0.15, -0.1) is 0 Å². The quantitative estimate of drug-likeness (QED) is 0.598. The highest BCUT2D eigenvalue weighted by molar-refractivity contribution is 8.02. The molecule has 2 aromatic rings. The fourth-order valence-corrected chi connectivity index (χ4v) is 2.62. The first-order valence-corrected chi connectivity index (χ1v) is 5.18. The third-order valence-electron chi connectivity index (χ3n) is 2.34. The van der Waals surface area contributed by atoms with Crippen LogP contribution < -0.4 is 0 Å². The fraction of sp³-hybridized carbons (Fsp3) is 0. The van der Waals surface area contributed by atoms with Gasteiger partial charge in [0.2, 0.25) is 0 Å². The maximum atomic E-state index is 2.18. The summed E-state index contributed by atoms with van der Waals surface area (Å²) in [6.07, 6.45) is 2.18. The predicted octanol–water partition coefficient (Wildman–Crippen LogP) is 3.92. The standard InChI is InChI=1S/C12H8S/c1-3-9-5-2-6-11-12(9)10(4-1)7-8-13-11/h1-8H. The molecule has 0 atom stereocenters. The molecule has 0 N–H and O–H groups in total. The number of thioether (sulfide) groups is 1. The summed E-state index contributed by atoms with van der Waals surface area (Å²) in [4.78, 5) is 1.37. The Morgan fingerprint density at radius 1 is 0.923 bits per heavy atom. The lowest BCUT2D eigenvalue weighted by molar-refractivity contribution is 1.53. The lowest BCUT2D eigenvalue weighted by Crippen LogP contribution is -1.84. The van der Waals surface area contributed by atoms with E-state index < -0.39 is 0 Å². The van der Waals surface area contributed by atoms with Crippen LogP contribution in [0.15, 0.2) is 46.7 Å². The predicted molar refractivity (Wildman–Crippen MR) is 58.8 cm³/mol. The van der Waals surface area contributed by atoms with E-state index in [-0.39, 0.29) is 0 Å². The second-order valence-corrected chi connectivity index (χ2v) is 4.07. The molecule has 13 heavy (non-hydrogen) atoms. The average molecular weight is 184 g/mol. The van der Waals surface area contributed by atoms with E-state index in [1.807, 2.05) is 0 Å². The summed E-state index contributed by atoms with van der Waals surface area (Å²) in [5, 5.41) is 4.89. The highest BCUT2D eigenvalue weighted by Crippen LogP contribution is 2.35. The van der Waals surface area contributed by atoms with Crippen molar-refractivity contribution in [3.63, 3.8) is 0 Å². The fourth-order valence-electron chi connectivity index (χ4n) is 1.75. The Balaban J connectivity index is 2.56. The zero-order valence-corrected chi connectivity index (χ0v) is 7.84. The van der Waals surface area contributed by atoms with Crippen molar-refractivity contribution in [2.24, 2.45) is 0 Å². The van der Waals surface area contributed by atoms with Crippen molar-refractivity contribution in [2.45, 2.75) is 4.90 Å². The molecule has 1 aliphatic heterocycles. The van der Waals surface area contributed by atoms with Gasteiger partial charge in [-0.1, -0.05) is 42.1 Å². The van der Waals surface area contributed by atoms with Crippen LogP contribution in [0.3, 0.4) is 0 Å². The first kappa shape index (κ1) is 7.22. The summed E-state index contributed by atoms with van der Waals surface area (Å²) in [6.45, 7) is 0. The van der Waals surface area contributed by atoms with Crippen molar-refractivity contribution in [1.82, 2.24) is 0 Å². The lowest BCUT2D eigenvalue weighted by atomic mass is 10.0. The average Bonchev–Trinajstić information content (AvgIpc) is 2.19. The molecule has 1 heteroatoms. The van der Waals surface area contributed by atoms with Crippen LogP contribution in [0.4, 0.5) is 0 Å². The van der Waals surface area contributed by atoms with E-state index in [1.54, 1.807) is 11.8 Å². The molecule has 0 amide bonds. The van der Waals surface area contributed by atoms with Crippen molar-refractivity contribution in [2.75, 3.05) is 0 Å². The molecule has 0 fully saturated rings. The number of hydrogen-bond donors (Lipinski definition) is 0. The topological polar surface area (TPSA) is 0 Å². The largest absolute Gasteiger partial charge is 0.0974 e. The second kappa shape index (κ2) is 2.64. The molecule has 0 unspecified atom stereocenters. The minimum atomic E-state index is 1.34. The van der Waals surface area contributed by atoms with Crippen LogP contribution >= 0.6 is 11.8 Å². The van der Waals surface area contributed by atoms with Crippen molar-refractivity contribution >= 4 is 28.6 Å². The zero-order chi connectivity index (χ0) is 8.67. The van der Waals surface area contributed by atoms with E-state index in [0.29, 0.717) is 0 Å². The molecule has 0 spiro atoms. The summed E-state index contributed by atoms with van der Waals surface area (Å²) in [7, 11) is 0. The Morgan fingerprint density at radius 3 is 2.69 bits per heavy atom. The molecule has 0 aromatic heterocycles. The van der Waals surface area contributed by atoms with Crippen LogP contribution in [0, 0.1) is 0 Å². The Labute approximate surface area is 81.3 Å². The van der Waals surface area contributed by atoms with Gasteiger partial charge in [-0.3, -0.25) is 0 Å². The van der Waals surface area contributed by atoms with E-state index in [9.17, 15) is 0 Å². The van der Waals surface area contributed by atoms with E-state index in [4.69, 9.17) is 0 Å². The molecule has 0 bridgehead atoms. The van der Waals surface area contributed by atoms with Crippen LogP contribution in [0.2, 0.25) is 0 Å². The Hall–Kier alpha value is -1.21. The molecule has 0 aliphatic carbocycles. The maximum absolute atomic E-state index is 2.18. The van der Waals surface area contributed by atoms with Gasteiger partial charge in [0.15, 0.2) is 0 Å². The summed E-state index contributed by atoms with van der Waals surface area (Å²) in [5.74, 6) is 0. The second-order valence-electron chi connectivity index (χ2n) is 3.12. The van der Waals surface area contributed by atoms with Crippen molar-refractivity contribution < 1.29 is 0 Å². The highest BCUT2D eigenvalue weighted by Gasteiger charge is 2.06. The minimum Gasteiger partial charge on any atom is -0.0974 e. The van der Waals surface area contributed by atoms with E-state index in [0.717, 1.165) is 0 Å². The molecule has 0 nitrogen and oxygen atoms in total. The molecule has 3 rings (SSSR count). The summed E-state index contributed by atoms with van der Waals surface area (Å²) in [5.41, 5.74) is 1.34. The van der Waals surface area contributed by atoms with E-state index >= 15 is 0 Å². The molecule has 0 radical (unpaired) electrons. The van der Waals surface area contributed by atoms with Crippen molar-refractivity contribution in [3.8, 4) is 0 Å². The van der Waals surface area contributed by atoms with Gasteiger partial charge in [0, 0.05) is 10.3 Å². The number of hydrogen-bond acceptors (Lipinski definition) is 1. The van der Waals surface area contributed by atoms with Gasteiger partial charge in [-0.05, 0) is 28.5 Å². The van der Waals surface area contributed by atoms with Gasteiger partial charge in [0.1, 0.15) is 0 Å². The van der Waals surface area contributed by atoms with Gasteiger partial charge in [-0.25, -0.2) is 0 Å². The Morgan fingerprint density at radius 2 is 1.77 bits per heavy atom. The van der Waals surface area contributed by atoms with Gasteiger partial charge >= 0.3 is 0 Å². The molecular weight excluding hydrogens is 176 g/mol. The molecule has 2 aromatic carbocycles. The van der Waals surface area contributed by atoms with Crippen LogP contribution in [0.25, 0.3) is 16.8 Å². The molecule has 0 saturated heterocycles. The van der Waals surface area contributed by atoms with Gasteiger partial charge in [-0.2, -0.15) is 0 Å². The van der Waals surface area contributed by atoms with Crippen LogP contribution in [-0.4, -0.2) is 0 Å². The molecule has 62 valence electrons. The number of benzene rings is 2. The smallest absolute Gasteiger partial charge is 0.0200 e. The zero-order valence-electron chi connectivity index (χ0n) is 7.03. The Kier molecular flexibility index (Phi) is 1.47. The van der Waals surface area contributed by atoms with E-state index in [2.05, 4.69) is 47.9 Å².